The Labute approximate surface area is 217 Å². The topological polar surface area (TPSA) is 158 Å². The molecule has 5 unspecified atom stereocenters. The van der Waals surface area contributed by atoms with E-state index in [1.54, 1.807) is 20.0 Å². The number of aromatic amines is 1. The molecule has 0 bridgehead atoms. The molecule has 3 amide bonds. The third-order valence-corrected chi connectivity index (χ3v) is 7.34. The number of nitrogens with one attached hydrogen (secondary N) is 3. The molecule has 1 aromatic carbocycles. The molecule has 202 valence electrons. The zero-order valence-corrected chi connectivity index (χ0v) is 22.0. The van der Waals surface area contributed by atoms with Crippen molar-refractivity contribution in [3.8, 4) is 0 Å². The van der Waals surface area contributed by atoms with Crippen LogP contribution in [0.5, 0.6) is 0 Å². The molecule has 1 aliphatic rings. The lowest BCUT2D eigenvalue weighted by molar-refractivity contribution is -0.144. The van der Waals surface area contributed by atoms with Gasteiger partial charge in [0.15, 0.2) is 0 Å². The van der Waals surface area contributed by atoms with Crippen LogP contribution < -0.4 is 16.4 Å². The van der Waals surface area contributed by atoms with Gasteiger partial charge in [-0.2, -0.15) is 0 Å². The minimum absolute atomic E-state index is 0.0267. The van der Waals surface area contributed by atoms with Crippen LogP contribution >= 0.6 is 0 Å². The molecule has 5 atom stereocenters. The third-order valence-electron chi connectivity index (χ3n) is 7.34. The number of carbonyl (C=O) groups is 4. The van der Waals surface area contributed by atoms with Crippen molar-refractivity contribution in [3.63, 3.8) is 0 Å². The number of nitrogens with zero attached hydrogens (tertiary/aromatic N) is 1. The first-order valence-corrected chi connectivity index (χ1v) is 13.0. The van der Waals surface area contributed by atoms with Gasteiger partial charge in [0, 0.05) is 30.1 Å². The third kappa shape index (κ3) is 6.49. The lowest BCUT2D eigenvalue weighted by Gasteiger charge is -2.30. The molecule has 6 N–H and O–H groups in total. The van der Waals surface area contributed by atoms with E-state index in [9.17, 15) is 24.3 Å². The van der Waals surface area contributed by atoms with Gasteiger partial charge in [-0.1, -0.05) is 52.3 Å². The van der Waals surface area contributed by atoms with Gasteiger partial charge in [0.25, 0.3) is 0 Å². The Bertz CT molecular complexity index is 1130. The van der Waals surface area contributed by atoms with Crippen molar-refractivity contribution in [2.24, 2.45) is 17.6 Å². The number of rotatable bonds is 11. The molecular weight excluding hydrogens is 474 g/mol. The average molecular weight is 514 g/mol. The first kappa shape index (κ1) is 28.2. The number of benzene rings is 1. The minimum Gasteiger partial charge on any atom is -0.480 e. The summed E-state index contributed by atoms with van der Waals surface area (Å²) in [5.74, 6) is -2.83. The second-order valence-electron chi connectivity index (χ2n) is 10.3. The highest BCUT2D eigenvalue weighted by Crippen LogP contribution is 2.22. The van der Waals surface area contributed by atoms with Crippen molar-refractivity contribution in [3.05, 3.63) is 36.0 Å². The number of carboxylic acid groups (broad SMARTS) is 1. The molecule has 1 aromatic heterocycles. The summed E-state index contributed by atoms with van der Waals surface area (Å²) < 4.78 is 0. The van der Waals surface area contributed by atoms with Gasteiger partial charge in [-0.25, -0.2) is 4.79 Å². The normalized spacial score (nSPS) is 18.9. The molecule has 2 heterocycles. The van der Waals surface area contributed by atoms with Crippen molar-refractivity contribution in [1.82, 2.24) is 20.5 Å². The van der Waals surface area contributed by atoms with Gasteiger partial charge in [0.05, 0.1) is 6.04 Å². The van der Waals surface area contributed by atoms with Gasteiger partial charge in [0.1, 0.15) is 18.1 Å². The number of para-hydroxylation sites is 1. The number of H-pyrrole nitrogens is 1. The number of hydrogen-bond donors (Lipinski definition) is 5. The zero-order valence-electron chi connectivity index (χ0n) is 22.0. The quantitative estimate of drug-likeness (QED) is 0.308. The van der Waals surface area contributed by atoms with Gasteiger partial charge in [-0.15, -0.1) is 0 Å². The monoisotopic (exact) mass is 513 g/mol. The fourth-order valence-corrected chi connectivity index (χ4v) is 4.76. The molecule has 0 aliphatic carbocycles. The van der Waals surface area contributed by atoms with Crippen LogP contribution in [0.25, 0.3) is 10.9 Å². The van der Waals surface area contributed by atoms with E-state index in [0.717, 1.165) is 22.9 Å². The zero-order chi connectivity index (χ0) is 27.3. The first-order chi connectivity index (χ1) is 17.5. The predicted molar refractivity (Wildman–Crippen MR) is 141 cm³/mol. The lowest BCUT2D eigenvalue weighted by Crippen LogP contribution is -2.58. The standard InChI is InChI=1S/C27H39N5O5/c1-5-16(4)22(28)26(35)32-12-8-11-21(32)25(34)30-20(24(33)31-23(15(2)3)27(36)37)13-17-14-29-19-10-7-6-9-18(17)19/h6-7,9-10,14-16,20-23,29H,5,8,11-13,28H2,1-4H3,(H,30,34)(H,31,33)(H,36,37). The number of likely N-dealkylation sites (tertiary alicyclic amines) is 1. The first-order valence-electron chi connectivity index (χ1n) is 13.0. The summed E-state index contributed by atoms with van der Waals surface area (Å²) in [6.45, 7) is 7.70. The molecule has 1 fully saturated rings. The molecule has 1 aliphatic heterocycles. The molecular formula is C27H39N5O5. The van der Waals surface area contributed by atoms with Crippen LogP contribution in [-0.4, -0.2) is 69.4 Å². The Balaban J connectivity index is 1.84. The Kier molecular flexibility index (Phi) is 9.31. The van der Waals surface area contributed by atoms with Crippen molar-refractivity contribution < 1.29 is 24.3 Å². The molecule has 37 heavy (non-hydrogen) atoms. The van der Waals surface area contributed by atoms with E-state index >= 15 is 0 Å². The maximum Gasteiger partial charge on any atom is 0.326 e. The number of carboxylic acids is 1. The number of fused-ring (bicyclic) bond motifs is 1. The van der Waals surface area contributed by atoms with Crippen molar-refractivity contribution >= 4 is 34.6 Å². The number of nitrogens with two attached hydrogens (primary N) is 1. The van der Waals surface area contributed by atoms with Crippen LogP contribution in [0.4, 0.5) is 0 Å². The van der Waals surface area contributed by atoms with E-state index < -0.39 is 42.0 Å². The van der Waals surface area contributed by atoms with E-state index in [2.05, 4.69) is 15.6 Å². The van der Waals surface area contributed by atoms with E-state index in [1.165, 1.54) is 4.90 Å². The van der Waals surface area contributed by atoms with Gasteiger partial charge in [0.2, 0.25) is 17.7 Å². The summed E-state index contributed by atoms with van der Waals surface area (Å²) in [6.07, 6.45) is 3.80. The highest BCUT2D eigenvalue weighted by molar-refractivity contribution is 5.95. The largest absolute Gasteiger partial charge is 0.480 e. The highest BCUT2D eigenvalue weighted by atomic mass is 16.4. The lowest BCUT2D eigenvalue weighted by atomic mass is 9.98. The SMILES string of the molecule is CCC(C)C(N)C(=O)N1CCCC1C(=O)NC(Cc1c[nH]c2ccccc12)C(=O)NC(C(=O)O)C(C)C. The summed E-state index contributed by atoms with van der Waals surface area (Å²) in [4.78, 5) is 56.2. The predicted octanol–water partition coefficient (Wildman–Crippen LogP) is 1.79. The Morgan fingerprint density at radius 1 is 1.16 bits per heavy atom. The maximum absolute atomic E-state index is 13.4. The number of hydrogen-bond acceptors (Lipinski definition) is 5. The van der Waals surface area contributed by atoms with Crippen LogP contribution in [0.15, 0.2) is 30.5 Å². The van der Waals surface area contributed by atoms with Crippen LogP contribution in [0.3, 0.4) is 0 Å². The van der Waals surface area contributed by atoms with Crippen LogP contribution in [0.1, 0.15) is 52.5 Å². The summed E-state index contributed by atoms with van der Waals surface area (Å²) in [6, 6.07) is 4.03. The highest BCUT2D eigenvalue weighted by Gasteiger charge is 2.39. The molecule has 0 radical (unpaired) electrons. The Hall–Kier alpha value is -3.40. The van der Waals surface area contributed by atoms with Gasteiger partial charge in [-0.05, 0) is 36.3 Å². The van der Waals surface area contributed by atoms with Crippen molar-refractivity contribution in [2.45, 2.75) is 77.5 Å². The molecule has 0 saturated carbocycles. The molecule has 0 spiro atoms. The van der Waals surface area contributed by atoms with E-state index in [4.69, 9.17) is 5.73 Å². The van der Waals surface area contributed by atoms with E-state index in [-0.39, 0.29) is 24.2 Å². The van der Waals surface area contributed by atoms with Crippen LogP contribution in [0, 0.1) is 11.8 Å². The smallest absolute Gasteiger partial charge is 0.326 e. The van der Waals surface area contributed by atoms with Crippen LogP contribution in [-0.2, 0) is 25.6 Å². The minimum atomic E-state index is -1.15. The molecule has 3 rings (SSSR count). The Morgan fingerprint density at radius 2 is 1.86 bits per heavy atom. The fourth-order valence-electron chi connectivity index (χ4n) is 4.76. The Morgan fingerprint density at radius 3 is 2.51 bits per heavy atom. The second-order valence-corrected chi connectivity index (χ2v) is 10.3. The summed E-state index contributed by atoms with van der Waals surface area (Å²) >= 11 is 0. The maximum atomic E-state index is 13.4. The molecule has 10 heteroatoms. The number of carbonyl (C=O) groups excluding carboxylic acids is 3. The average Bonchev–Trinajstić information content (AvgIpc) is 3.52. The fraction of sp³-hybridized carbons (Fsp3) is 0.556. The van der Waals surface area contributed by atoms with Crippen LogP contribution in [0.2, 0.25) is 0 Å². The molecule has 1 saturated heterocycles. The number of aromatic nitrogens is 1. The van der Waals surface area contributed by atoms with Gasteiger partial charge >= 0.3 is 5.97 Å². The number of aliphatic carboxylic acids is 1. The van der Waals surface area contributed by atoms with Crippen molar-refractivity contribution in [1.29, 1.82) is 0 Å². The van der Waals surface area contributed by atoms with Gasteiger partial charge < -0.3 is 31.4 Å². The van der Waals surface area contributed by atoms with Crippen molar-refractivity contribution in [2.75, 3.05) is 6.54 Å². The molecule has 2 aromatic rings. The number of amides is 3. The molecule has 10 nitrogen and oxygen atoms in total. The second kappa shape index (κ2) is 12.2. The van der Waals surface area contributed by atoms with E-state index in [1.807, 2.05) is 38.1 Å². The summed E-state index contributed by atoms with van der Waals surface area (Å²) in [5, 5.41) is 15.9. The summed E-state index contributed by atoms with van der Waals surface area (Å²) in [5.41, 5.74) is 7.87. The summed E-state index contributed by atoms with van der Waals surface area (Å²) in [7, 11) is 0. The van der Waals surface area contributed by atoms with Gasteiger partial charge in [-0.3, -0.25) is 14.4 Å². The van der Waals surface area contributed by atoms with E-state index in [0.29, 0.717) is 19.4 Å².